The molecule has 4 atom stereocenters. The summed E-state index contributed by atoms with van der Waals surface area (Å²) >= 11 is 0. The molecule has 42 heavy (non-hydrogen) atoms. The van der Waals surface area contributed by atoms with Crippen molar-refractivity contribution >= 4 is 36.6 Å². The third-order valence-electron chi connectivity index (χ3n) is 7.17. The third kappa shape index (κ3) is 7.87. The van der Waals surface area contributed by atoms with Gasteiger partial charge in [0.1, 0.15) is 11.8 Å². The summed E-state index contributed by atoms with van der Waals surface area (Å²) in [6.45, 7) is 6.24. The number of carbonyl (C=O) groups excluding carboxylic acids is 1. The van der Waals surface area contributed by atoms with Crippen molar-refractivity contribution in [1.29, 1.82) is 0 Å². The van der Waals surface area contributed by atoms with Crippen molar-refractivity contribution < 1.29 is 23.1 Å². The van der Waals surface area contributed by atoms with Gasteiger partial charge in [0.15, 0.2) is 17.0 Å². The first kappa shape index (κ1) is 30.0. The molecule has 1 saturated carbocycles. The van der Waals surface area contributed by atoms with Gasteiger partial charge in [0.05, 0.1) is 25.6 Å². The molecule has 2 aliphatic carbocycles. The SMILES string of the molecule is CC(C)CCCOC(=O)[C@H](C)NP(=O)(OC[C@@H]1C=CC(n2cnc3c(NC4CC4)nc(N)nc32)C1)Oc1ccccc1. The van der Waals surface area contributed by atoms with E-state index in [0.29, 0.717) is 47.7 Å². The summed E-state index contributed by atoms with van der Waals surface area (Å²) in [6.07, 6.45) is 10.4. The summed E-state index contributed by atoms with van der Waals surface area (Å²) in [5.74, 6) is 1.15. The number of allylic oxidation sites excluding steroid dienone is 1. The molecule has 2 heterocycles. The van der Waals surface area contributed by atoms with Crippen LogP contribution in [0.15, 0.2) is 48.8 Å². The number of ether oxygens (including phenoxy) is 1. The summed E-state index contributed by atoms with van der Waals surface area (Å²) in [6, 6.07) is 8.19. The van der Waals surface area contributed by atoms with E-state index in [4.69, 9.17) is 19.5 Å². The molecule has 0 amide bonds. The first-order valence-electron chi connectivity index (χ1n) is 14.6. The van der Waals surface area contributed by atoms with Gasteiger partial charge in [-0.1, -0.05) is 44.2 Å². The lowest BCUT2D eigenvalue weighted by Gasteiger charge is -2.24. The van der Waals surface area contributed by atoms with E-state index in [1.54, 1.807) is 37.5 Å². The molecule has 3 aromatic rings. The highest BCUT2D eigenvalue weighted by atomic mass is 31.2. The molecule has 12 nitrogen and oxygen atoms in total. The maximum absolute atomic E-state index is 13.9. The van der Waals surface area contributed by atoms with Gasteiger partial charge in [0, 0.05) is 12.0 Å². The average Bonchev–Trinajstić information content (AvgIpc) is 3.46. The smallest absolute Gasteiger partial charge is 0.459 e. The Labute approximate surface area is 246 Å². The summed E-state index contributed by atoms with van der Waals surface area (Å²) in [7, 11) is -3.95. The van der Waals surface area contributed by atoms with E-state index in [-0.39, 0.29) is 24.5 Å². The quantitative estimate of drug-likeness (QED) is 0.0909. The van der Waals surface area contributed by atoms with Crippen LogP contribution in [-0.2, 0) is 18.6 Å². The molecule has 5 rings (SSSR count). The van der Waals surface area contributed by atoms with E-state index in [0.717, 1.165) is 25.7 Å². The number of benzene rings is 1. The largest absolute Gasteiger partial charge is 0.465 e. The molecule has 0 radical (unpaired) electrons. The normalized spacial score (nSPS) is 20.5. The van der Waals surface area contributed by atoms with E-state index >= 15 is 0 Å². The Balaban J connectivity index is 1.22. The van der Waals surface area contributed by atoms with E-state index in [2.05, 4.69) is 45.3 Å². The lowest BCUT2D eigenvalue weighted by molar-refractivity contribution is -0.145. The Kier molecular flexibility index (Phi) is 9.45. The number of carbonyl (C=O) groups is 1. The number of aromatic nitrogens is 4. The number of nitrogens with zero attached hydrogens (tertiary/aromatic N) is 4. The van der Waals surface area contributed by atoms with Crippen molar-refractivity contribution in [3.05, 3.63) is 48.8 Å². The van der Waals surface area contributed by atoms with Gasteiger partial charge >= 0.3 is 13.7 Å². The summed E-state index contributed by atoms with van der Waals surface area (Å²) in [4.78, 5) is 26.0. The maximum Gasteiger partial charge on any atom is 0.459 e. The Hall–Kier alpha value is -3.47. The second-order valence-corrected chi connectivity index (χ2v) is 13.1. The fourth-order valence-corrected chi connectivity index (χ4v) is 6.31. The van der Waals surface area contributed by atoms with Crippen LogP contribution in [0, 0.1) is 11.8 Å². The number of nitrogens with two attached hydrogens (primary N) is 1. The first-order chi connectivity index (χ1) is 20.2. The van der Waals surface area contributed by atoms with E-state index in [9.17, 15) is 9.36 Å². The van der Waals surface area contributed by atoms with Crippen LogP contribution in [0.2, 0.25) is 0 Å². The van der Waals surface area contributed by atoms with Gasteiger partial charge in [-0.3, -0.25) is 9.32 Å². The molecule has 0 spiro atoms. The maximum atomic E-state index is 13.9. The minimum atomic E-state index is -3.95. The van der Waals surface area contributed by atoms with Gasteiger partial charge < -0.3 is 24.9 Å². The minimum Gasteiger partial charge on any atom is -0.465 e. The fraction of sp³-hybridized carbons (Fsp3) is 0.517. The lowest BCUT2D eigenvalue weighted by Crippen LogP contribution is -2.35. The van der Waals surface area contributed by atoms with Crippen LogP contribution in [-0.4, -0.2) is 50.8 Å². The van der Waals surface area contributed by atoms with Gasteiger partial charge in [0.25, 0.3) is 0 Å². The first-order valence-corrected chi connectivity index (χ1v) is 16.1. The monoisotopic (exact) mass is 597 g/mol. The highest BCUT2D eigenvalue weighted by molar-refractivity contribution is 7.52. The van der Waals surface area contributed by atoms with Gasteiger partial charge in [-0.25, -0.2) is 9.55 Å². The zero-order valence-corrected chi connectivity index (χ0v) is 25.2. The number of imidazole rings is 1. The van der Waals surface area contributed by atoms with Crippen molar-refractivity contribution in [2.45, 2.75) is 71.0 Å². The highest BCUT2D eigenvalue weighted by Crippen LogP contribution is 2.46. The van der Waals surface area contributed by atoms with Crippen LogP contribution in [0.4, 0.5) is 11.8 Å². The van der Waals surface area contributed by atoms with Crippen molar-refractivity contribution in [3.63, 3.8) is 0 Å². The predicted molar refractivity (Wildman–Crippen MR) is 161 cm³/mol. The molecule has 2 unspecified atom stereocenters. The molecule has 0 saturated heterocycles. The topological polar surface area (TPSA) is 156 Å². The number of hydrogen-bond donors (Lipinski definition) is 3. The van der Waals surface area contributed by atoms with E-state index in [1.807, 2.05) is 16.7 Å². The van der Waals surface area contributed by atoms with Crippen LogP contribution in [0.25, 0.3) is 11.2 Å². The van der Waals surface area contributed by atoms with Crippen molar-refractivity contribution in [1.82, 2.24) is 24.6 Å². The summed E-state index contributed by atoms with van der Waals surface area (Å²) in [5.41, 5.74) is 7.35. The van der Waals surface area contributed by atoms with Crippen LogP contribution >= 0.6 is 7.75 Å². The van der Waals surface area contributed by atoms with Crippen LogP contribution in [0.3, 0.4) is 0 Å². The molecule has 1 aromatic carbocycles. The molecule has 0 aliphatic heterocycles. The number of esters is 1. The van der Waals surface area contributed by atoms with Gasteiger partial charge in [0.2, 0.25) is 5.95 Å². The second-order valence-electron chi connectivity index (χ2n) is 11.4. The zero-order chi connectivity index (χ0) is 29.7. The second kappa shape index (κ2) is 13.2. The third-order valence-corrected chi connectivity index (χ3v) is 8.81. The Morgan fingerprint density at radius 3 is 2.69 bits per heavy atom. The van der Waals surface area contributed by atoms with Gasteiger partial charge in [-0.2, -0.15) is 15.1 Å². The van der Waals surface area contributed by atoms with Crippen LogP contribution in [0.1, 0.15) is 58.9 Å². The van der Waals surface area contributed by atoms with Crippen LogP contribution < -0.4 is 20.7 Å². The molecular formula is C29H40N7O5P. The lowest BCUT2D eigenvalue weighted by atomic mass is 10.1. The number of nitrogens with one attached hydrogen (secondary N) is 2. The molecule has 0 bridgehead atoms. The number of fused-ring (bicyclic) bond motifs is 1. The highest BCUT2D eigenvalue weighted by Gasteiger charge is 2.34. The molecule has 2 aliphatic rings. The number of anilines is 2. The van der Waals surface area contributed by atoms with Gasteiger partial charge in [-0.15, -0.1) is 0 Å². The Morgan fingerprint density at radius 1 is 1.17 bits per heavy atom. The minimum absolute atomic E-state index is 0.0474. The summed E-state index contributed by atoms with van der Waals surface area (Å²) in [5, 5.41) is 6.15. The number of hydrogen-bond acceptors (Lipinski definition) is 10. The number of rotatable bonds is 15. The van der Waals surface area contributed by atoms with E-state index in [1.165, 1.54) is 0 Å². The molecule has 13 heteroatoms. The molecule has 2 aromatic heterocycles. The van der Waals surface area contributed by atoms with Crippen molar-refractivity contribution in [2.75, 3.05) is 24.3 Å². The predicted octanol–water partition coefficient (Wildman–Crippen LogP) is 5.26. The standard InChI is InChI=1S/C29H40N7O5P/c1-19(2)8-7-15-39-28(37)20(3)35-42(38,41-24-9-5-4-6-10-24)40-17-21-11-14-23(16-21)36-18-31-25-26(32-22-12-13-22)33-29(30)34-27(25)36/h4-6,9-11,14,18-23H,7-8,12-13,15-17H2,1-3H3,(H,35,38)(H3,30,32,33,34)/t20-,21+,23?,42?/m0/s1. The molecular weight excluding hydrogens is 557 g/mol. The number of para-hydroxylation sites is 1. The van der Waals surface area contributed by atoms with Gasteiger partial charge in [-0.05, 0) is 57.1 Å². The Bertz CT molecular complexity index is 1440. The number of nitrogen functional groups attached to an aromatic ring is 1. The summed E-state index contributed by atoms with van der Waals surface area (Å²) < 4.78 is 33.0. The molecule has 226 valence electrons. The van der Waals surface area contributed by atoms with Crippen LogP contribution in [0.5, 0.6) is 5.75 Å². The zero-order valence-electron chi connectivity index (χ0n) is 24.3. The van der Waals surface area contributed by atoms with Crippen molar-refractivity contribution in [2.24, 2.45) is 11.8 Å². The Morgan fingerprint density at radius 2 is 1.95 bits per heavy atom. The average molecular weight is 598 g/mol. The molecule has 4 N–H and O–H groups in total. The van der Waals surface area contributed by atoms with E-state index < -0.39 is 19.8 Å². The molecule has 1 fully saturated rings. The van der Waals surface area contributed by atoms with Crippen molar-refractivity contribution in [3.8, 4) is 5.75 Å². The fourth-order valence-electron chi connectivity index (χ4n) is 4.76.